The predicted octanol–water partition coefficient (Wildman–Crippen LogP) is 2.78. The average molecular weight is 286 g/mol. The maximum absolute atomic E-state index is 14.2. The number of allylic oxidation sites excluding steroid dienone is 2. The Morgan fingerprint density at radius 3 is 3.14 bits per heavy atom. The van der Waals surface area contributed by atoms with Crippen molar-refractivity contribution in [2.45, 2.75) is 45.3 Å². The summed E-state index contributed by atoms with van der Waals surface area (Å²) in [7, 11) is 0. The summed E-state index contributed by atoms with van der Waals surface area (Å²) in [5, 5.41) is 1.99. The molecule has 21 heavy (non-hydrogen) atoms. The first kappa shape index (κ1) is 12.8. The monoisotopic (exact) mass is 286 g/mol. The second-order valence-electron chi connectivity index (χ2n) is 6.01. The van der Waals surface area contributed by atoms with Gasteiger partial charge in [-0.3, -0.25) is 0 Å². The lowest BCUT2D eigenvalue weighted by Gasteiger charge is -2.26. The molecule has 1 aromatic rings. The van der Waals surface area contributed by atoms with Gasteiger partial charge in [-0.25, -0.2) is 14.8 Å². The Morgan fingerprint density at radius 1 is 1.43 bits per heavy atom. The molecule has 1 aromatic heterocycles. The number of imidazole rings is 1. The van der Waals surface area contributed by atoms with E-state index in [4.69, 9.17) is 0 Å². The van der Waals surface area contributed by atoms with Gasteiger partial charge < -0.3 is 9.58 Å². The number of aromatic nitrogens is 2. The zero-order valence-corrected chi connectivity index (χ0v) is 12.3. The van der Waals surface area contributed by atoms with Crippen LogP contribution in [0.5, 0.6) is 0 Å². The summed E-state index contributed by atoms with van der Waals surface area (Å²) < 4.78 is 16.4. The molecule has 2 aliphatic heterocycles. The normalized spacial score (nSPS) is 25.2. The van der Waals surface area contributed by atoms with Crippen molar-refractivity contribution in [2.24, 2.45) is 0 Å². The van der Waals surface area contributed by atoms with Gasteiger partial charge >= 0.3 is 0 Å². The molecule has 1 N–H and O–H groups in total. The summed E-state index contributed by atoms with van der Waals surface area (Å²) >= 11 is 0. The maximum atomic E-state index is 14.2. The van der Waals surface area contributed by atoms with Gasteiger partial charge in [0.2, 0.25) is 0 Å². The molecule has 2 unspecified atom stereocenters. The van der Waals surface area contributed by atoms with Crippen molar-refractivity contribution in [3.8, 4) is 0 Å². The van der Waals surface area contributed by atoms with Crippen LogP contribution in [0.4, 0.5) is 4.39 Å². The van der Waals surface area contributed by atoms with E-state index in [2.05, 4.69) is 21.9 Å². The summed E-state index contributed by atoms with van der Waals surface area (Å²) in [4.78, 5) is 4.56. The Hall–Kier alpha value is -1.88. The number of fused-ring (bicyclic) bond motifs is 2. The van der Waals surface area contributed by atoms with Crippen molar-refractivity contribution in [3.63, 3.8) is 0 Å². The van der Waals surface area contributed by atoms with Crippen LogP contribution in [-0.4, -0.2) is 20.6 Å². The molecule has 0 spiro atoms. The van der Waals surface area contributed by atoms with Gasteiger partial charge in [0.15, 0.2) is 0 Å². The molecule has 3 heterocycles. The predicted molar refractivity (Wildman–Crippen MR) is 78.8 cm³/mol. The van der Waals surface area contributed by atoms with E-state index < -0.39 is 0 Å². The summed E-state index contributed by atoms with van der Waals surface area (Å²) in [6.07, 6.45) is 10.0. The fraction of sp³-hybridized carbons (Fsp3) is 0.438. The first-order chi connectivity index (χ1) is 10.1. The zero-order valence-electron chi connectivity index (χ0n) is 12.3. The Bertz CT molecular complexity index is 682. The molecule has 0 aromatic carbocycles. The molecular weight excluding hydrogens is 267 g/mol. The van der Waals surface area contributed by atoms with Crippen LogP contribution >= 0.6 is 0 Å². The lowest BCUT2D eigenvalue weighted by atomic mass is 9.99. The SMILES string of the molecule is CC1=C(F)C2NN(C(C)c3ncn4c3CCC4)C=C2C=C1. The quantitative estimate of drug-likeness (QED) is 0.907. The van der Waals surface area contributed by atoms with Gasteiger partial charge in [0.25, 0.3) is 0 Å². The maximum Gasteiger partial charge on any atom is 0.126 e. The molecule has 4 nitrogen and oxygen atoms in total. The van der Waals surface area contributed by atoms with E-state index in [0.29, 0.717) is 5.57 Å². The van der Waals surface area contributed by atoms with Crippen molar-refractivity contribution >= 4 is 0 Å². The molecule has 3 aliphatic rings. The van der Waals surface area contributed by atoms with E-state index in [1.165, 1.54) is 12.1 Å². The average Bonchev–Trinajstić information content (AvgIpc) is 3.16. The van der Waals surface area contributed by atoms with E-state index in [1.54, 1.807) is 6.92 Å². The van der Waals surface area contributed by atoms with Gasteiger partial charge in [-0.1, -0.05) is 12.2 Å². The van der Waals surface area contributed by atoms with Gasteiger partial charge in [-0.15, -0.1) is 0 Å². The number of hydrazine groups is 1. The molecule has 4 rings (SSSR count). The molecule has 0 radical (unpaired) electrons. The Morgan fingerprint density at radius 2 is 2.29 bits per heavy atom. The van der Waals surface area contributed by atoms with E-state index in [-0.39, 0.29) is 17.9 Å². The van der Waals surface area contributed by atoms with Crippen LogP contribution < -0.4 is 5.43 Å². The van der Waals surface area contributed by atoms with E-state index in [1.807, 2.05) is 29.7 Å². The van der Waals surface area contributed by atoms with Crippen LogP contribution in [0.3, 0.4) is 0 Å². The van der Waals surface area contributed by atoms with Gasteiger partial charge in [0.1, 0.15) is 11.9 Å². The van der Waals surface area contributed by atoms with Crippen LogP contribution in [0.1, 0.15) is 37.7 Å². The number of hydrogen-bond acceptors (Lipinski definition) is 3. The molecule has 1 aliphatic carbocycles. The van der Waals surface area contributed by atoms with Crippen molar-refractivity contribution in [2.75, 3.05) is 0 Å². The van der Waals surface area contributed by atoms with Crippen LogP contribution in [0.15, 0.2) is 41.7 Å². The summed E-state index contributed by atoms with van der Waals surface area (Å²) in [5.41, 5.74) is 7.35. The third kappa shape index (κ3) is 1.87. The molecule has 0 saturated heterocycles. The number of rotatable bonds is 2. The first-order valence-corrected chi connectivity index (χ1v) is 7.49. The standard InChI is InChI=1S/C16H19FN4/c1-10-5-6-12-8-21(19-16(12)14(10)17)11(2)15-13-4-3-7-20(13)9-18-15/h5-6,8-9,11,16,19H,3-4,7H2,1-2H3. The van der Waals surface area contributed by atoms with Gasteiger partial charge in [0, 0.05) is 18.4 Å². The minimum absolute atomic E-state index is 0.0893. The smallest absolute Gasteiger partial charge is 0.126 e. The summed E-state index contributed by atoms with van der Waals surface area (Å²) in [6, 6.07) is -0.243. The van der Waals surface area contributed by atoms with Crippen molar-refractivity contribution in [1.82, 2.24) is 20.0 Å². The van der Waals surface area contributed by atoms with Crippen molar-refractivity contribution in [1.29, 1.82) is 0 Å². The fourth-order valence-electron chi connectivity index (χ4n) is 3.38. The lowest BCUT2D eigenvalue weighted by molar-refractivity contribution is 0.210. The molecular formula is C16H19FN4. The molecule has 0 saturated carbocycles. The molecule has 0 amide bonds. The third-order valence-electron chi connectivity index (χ3n) is 4.66. The van der Waals surface area contributed by atoms with Crippen LogP contribution in [0, 0.1) is 0 Å². The zero-order chi connectivity index (χ0) is 14.6. The highest BCUT2D eigenvalue weighted by atomic mass is 19.1. The Labute approximate surface area is 123 Å². The second-order valence-corrected chi connectivity index (χ2v) is 6.01. The highest BCUT2D eigenvalue weighted by molar-refractivity contribution is 5.45. The van der Waals surface area contributed by atoms with Crippen molar-refractivity contribution in [3.05, 3.63) is 53.0 Å². The Kier molecular flexibility index (Phi) is 2.79. The molecule has 110 valence electrons. The van der Waals surface area contributed by atoms with Gasteiger partial charge in [0.05, 0.1) is 18.1 Å². The number of aryl methyl sites for hydroxylation is 1. The van der Waals surface area contributed by atoms with Gasteiger partial charge in [-0.05, 0) is 37.8 Å². The number of hydrogen-bond donors (Lipinski definition) is 1. The lowest BCUT2D eigenvalue weighted by Crippen LogP contribution is -2.39. The molecule has 5 heteroatoms. The summed E-state index contributed by atoms with van der Waals surface area (Å²) in [5.74, 6) is -0.0893. The number of nitrogens with one attached hydrogen (secondary N) is 1. The number of nitrogens with zero attached hydrogens (tertiary/aromatic N) is 3. The van der Waals surface area contributed by atoms with Crippen molar-refractivity contribution < 1.29 is 4.39 Å². The minimum Gasteiger partial charge on any atom is -0.334 e. The third-order valence-corrected chi connectivity index (χ3v) is 4.66. The first-order valence-electron chi connectivity index (χ1n) is 7.49. The molecule has 0 bridgehead atoms. The highest BCUT2D eigenvalue weighted by Crippen LogP contribution is 2.33. The van der Waals surface area contributed by atoms with E-state index in [0.717, 1.165) is 24.2 Å². The second kappa shape index (κ2) is 4.56. The van der Waals surface area contributed by atoms with Crippen LogP contribution in [0.2, 0.25) is 0 Å². The fourth-order valence-corrected chi connectivity index (χ4v) is 3.38. The Balaban J connectivity index is 1.61. The topological polar surface area (TPSA) is 33.1 Å². The highest BCUT2D eigenvalue weighted by Gasteiger charge is 2.33. The van der Waals surface area contributed by atoms with Crippen LogP contribution in [0.25, 0.3) is 0 Å². The molecule has 0 fully saturated rings. The van der Waals surface area contributed by atoms with E-state index >= 15 is 0 Å². The van der Waals surface area contributed by atoms with Gasteiger partial charge in [-0.2, -0.15) is 0 Å². The van der Waals surface area contributed by atoms with Crippen LogP contribution in [-0.2, 0) is 13.0 Å². The minimum atomic E-state index is -0.340. The summed E-state index contributed by atoms with van der Waals surface area (Å²) in [6.45, 7) is 4.98. The largest absolute Gasteiger partial charge is 0.334 e. The van der Waals surface area contributed by atoms with E-state index in [9.17, 15) is 4.39 Å². The number of halogens is 1. The molecule has 2 atom stereocenters.